The van der Waals surface area contributed by atoms with Crippen LogP contribution in [-0.2, 0) is 6.42 Å². The number of aryl methyl sites for hydroxylation is 1. The van der Waals surface area contributed by atoms with Crippen LogP contribution in [0, 0.1) is 23.6 Å². The summed E-state index contributed by atoms with van der Waals surface area (Å²) in [5.41, 5.74) is 4.88. The second kappa shape index (κ2) is 10.3. The van der Waals surface area contributed by atoms with Crippen LogP contribution in [0.4, 0.5) is 4.39 Å². The number of hydrogen-bond acceptors (Lipinski definition) is 0. The van der Waals surface area contributed by atoms with E-state index in [0.717, 1.165) is 41.9 Å². The third kappa shape index (κ3) is 5.59. The summed E-state index contributed by atoms with van der Waals surface area (Å²) in [5.74, 6) is 7.33. The molecular formula is C27H31F. The maximum atomic E-state index is 14.4. The van der Waals surface area contributed by atoms with Crippen LogP contribution in [0.5, 0.6) is 0 Å². The maximum Gasteiger partial charge on any atom is 0.131 e. The van der Waals surface area contributed by atoms with E-state index in [4.69, 9.17) is 0 Å². The molecule has 1 aliphatic carbocycles. The molecule has 0 aromatic heterocycles. The molecule has 1 unspecified atom stereocenters. The van der Waals surface area contributed by atoms with Crippen LogP contribution in [0.1, 0.15) is 69.9 Å². The normalized spacial score (nSPS) is 16.2. The summed E-state index contributed by atoms with van der Waals surface area (Å²) in [5, 5.41) is 0. The van der Waals surface area contributed by atoms with Gasteiger partial charge in [-0.1, -0.05) is 81.7 Å². The highest BCUT2D eigenvalue weighted by molar-refractivity contribution is 5.65. The first-order valence-electron chi connectivity index (χ1n) is 10.8. The quantitative estimate of drug-likeness (QED) is 0.454. The number of allylic oxidation sites excluding steroid dienone is 2. The first kappa shape index (κ1) is 20.4. The first-order chi connectivity index (χ1) is 13.7. The Balaban J connectivity index is 1.65. The van der Waals surface area contributed by atoms with Gasteiger partial charge in [-0.2, -0.15) is 0 Å². The van der Waals surface area contributed by atoms with Crippen molar-refractivity contribution in [2.75, 3.05) is 0 Å². The van der Waals surface area contributed by atoms with Crippen molar-refractivity contribution < 1.29 is 4.39 Å². The van der Waals surface area contributed by atoms with Gasteiger partial charge in [-0.25, -0.2) is 4.39 Å². The summed E-state index contributed by atoms with van der Waals surface area (Å²) >= 11 is 0. The fourth-order valence-electron chi connectivity index (χ4n) is 3.88. The summed E-state index contributed by atoms with van der Waals surface area (Å²) in [7, 11) is 0. The van der Waals surface area contributed by atoms with Crippen molar-refractivity contribution in [2.24, 2.45) is 5.92 Å². The molecule has 0 fully saturated rings. The van der Waals surface area contributed by atoms with E-state index in [-0.39, 0.29) is 5.82 Å². The van der Waals surface area contributed by atoms with Gasteiger partial charge in [-0.05, 0) is 66.5 Å². The van der Waals surface area contributed by atoms with E-state index in [0.29, 0.717) is 5.56 Å². The lowest BCUT2D eigenvalue weighted by Gasteiger charge is -2.19. The van der Waals surface area contributed by atoms with Gasteiger partial charge in [-0.3, -0.25) is 0 Å². The molecule has 28 heavy (non-hydrogen) atoms. The number of rotatable bonds is 6. The molecule has 0 spiro atoms. The molecule has 0 radical (unpaired) electrons. The van der Waals surface area contributed by atoms with Gasteiger partial charge in [0, 0.05) is 11.1 Å². The minimum atomic E-state index is -0.144. The SMILES string of the molecule is CCCCC1CC=C(C#Cc2ccc(-c3ccc(CCC)cc3F)cc2)CC1. The van der Waals surface area contributed by atoms with Crippen molar-refractivity contribution in [2.45, 2.75) is 65.2 Å². The number of benzene rings is 2. The van der Waals surface area contributed by atoms with E-state index in [2.05, 4.69) is 31.8 Å². The average molecular weight is 375 g/mol. The Hall–Kier alpha value is -2.33. The summed E-state index contributed by atoms with van der Waals surface area (Å²) in [6, 6.07) is 13.5. The van der Waals surface area contributed by atoms with Crippen molar-refractivity contribution in [1.29, 1.82) is 0 Å². The second-order valence-corrected chi connectivity index (χ2v) is 7.90. The molecular weight excluding hydrogens is 343 g/mol. The molecule has 2 aromatic rings. The van der Waals surface area contributed by atoms with Gasteiger partial charge >= 0.3 is 0 Å². The van der Waals surface area contributed by atoms with Crippen molar-refractivity contribution >= 4 is 0 Å². The van der Waals surface area contributed by atoms with Gasteiger partial charge < -0.3 is 0 Å². The minimum absolute atomic E-state index is 0.144. The fraction of sp³-hybridized carbons (Fsp3) is 0.407. The molecule has 0 saturated heterocycles. The third-order valence-electron chi connectivity index (χ3n) is 5.62. The Morgan fingerprint density at radius 1 is 1.00 bits per heavy atom. The zero-order valence-corrected chi connectivity index (χ0v) is 17.2. The predicted octanol–water partition coefficient (Wildman–Crippen LogP) is 7.71. The monoisotopic (exact) mass is 374 g/mol. The Morgan fingerprint density at radius 3 is 2.46 bits per heavy atom. The number of halogens is 1. The van der Waals surface area contributed by atoms with E-state index in [1.165, 1.54) is 37.7 Å². The number of hydrogen-bond donors (Lipinski definition) is 0. The van der Waals surface area contributed by atoms with E-state index in [1.807, 2.05) is 36.4 Å². The van der Waals surface area contributed by atoms with Crippen LogP contribution in [-0.4, -0.2) is 0 Å². The summed E-state index contributed by atoms with van der Waals surface area (Å²) in [4.78, 5) is 0. The van der Waals surface area contributed by atoms with Gasteiger partial charge in [-0.15, -0.1) is 0 Å². The van der Waals surface area contributed by atoms with Crippen LogP contribution in [0.25, 0.3) is 11.1 Å². The van der Waals surface area contributed by atoms with E-state index in [1.54, 1.807) is 6.07 Å². The topological polar surface area (TPSA) is 0 Å². The van der Waals surface area contributed by atoms with E-state index in [9.17, 15) is 4.39 Å². The minimum Gasteiger partial charge on any atom is -0.206 e. The molecule has 0 amide bonds. The zero-order chi connectivity index (χ0) is 19.8. The van der Waals surface area contributed by atoms with Crippen LogP contribution < -0.4 is 0 Å². The average Bonchev–Trinajstić information content (AvgIpc) is 2.72. The molecule has 1 atom stereocenters. The highest BCUT2D eigenvalue weighted by atomic mass is 19.1. The van der Waals surface area contributed by atoms with Crippen molar-refractivity contribution in [3.63, 3.8) is 0 Å². The van der Waals surface area contributed by atoms with Gasteiger partial charge in [0.15, 0.2) is 0 Å². The molecule has 0 bridgehead atoms. The van der Waals surface area contributed by atoms with Crippen LogP contribution in [0.2, 0.25) is 0 Å². The van der Waals surface area contributed by atoms with Gasteiger partial charge in [0.05, 0.1) is 0 Å². The Morgan fingerprint density at radius 2 is 1.82 bits per heavy atom. The summed E-state index contributed by atoms with van der Waals surface area (Å²) in [6.45, 7) is 4.37. The molecule has 0 heterocycles. The van der Waals surface area contributed by atoms with E-state index < -0.39 is 0 Å². The van der Waals surface area contributed by atoms with Crippen molar-refractivity contribution in [1.82, 2.24) is 0 Å². The van der Waals surface area contributed by atoms with Gasteiger partial charge in [0.1, 0.15) is 5.82 Å². The van der Waals surface area contributed by atoms with Crippen molar-refractivity contribution in [3.8, 4) is 23.0 Å². The molecule has 0 N–H and O–H groups in total. The van der Waals surface area contributed by atoms with Gasteiger partial charge in [0.2, 0.25) is 0 Å². The molecule has 146 valence electrons. The smallest absolute Gasteiger partial charge is 0.131 e. The first-order valence-corrected chi connectivity index (χ1v) is 10.8. The standard InChI is InChI=1S/C27H31F/c1-3-5-7-21-8-10-22(11-9-21)12-13-23-14-17-25(18-15-23)26-19-16-24(6-4-2)20-27(26)28/h10,14-21H,3-9,11H2,1-2H3. The Kier molecular flexibility index (Phi) is 7.49. The highest BCUT2D eigenvalue weighted by Gasteiger charge is 2.12. The molecule has 0 nitrogen and oxygen atoms in total. The molecule has 2 aromatic carbocycles. The molecule has 1 aliphatic rings. The fourth-order valence-corrected chi connectivity index (χ4v) is 3.88. The lowest BCUT2D eigenvalue weighted by Crippen LogP contribution is -2.05. The van der Waals surface area contributed by atoms with E-state index >= 15 is 0 Å². The third-order valence-corrected chi connectivity index (χ3v) is 5.62. The summed E-state index contributed by atoms with van der Waals surface area (Å²) < 4.78 is 14.4. The van der Waals surface area contributed by atoms with Gasteiger partial charge in [0.25, 0.3) is 0 Å². The van der Waals surface area contributed by atoms with Crippen LogP contribution in [0.3, 0.4) is 0 Å². The van der Waals surface area contributed by atoms with Crippen LogP contribution in [0.15, 0.2) is 54.1 Å². The molecule has 3 rings (SSSR count). The molecule has 0 saturated carbocycles. The predicted molar refractivity (Wildman–Crippen MR) is 118 cm³/mol. The summed E-state index contributed by atoms with van der Waals surface area (Å²) in [6.07, 6.45) is 11.8. The second-order valence-electron chi connectivity index (χ2n) is 7.90. The lowest BCUT2D eigenvalue weighted by molar-refractivity contribution is 0.425. The number of unbranched alkanes of at least 4 members (excludes halogenated alkanes) is 1. The van der Waals surface area contributed by atoms with Crippen LogP contribution >= 0.6 is 0 Å². The Bertz CT molecular complexity index is 861. The Labute approximate surface area is 169 Å². The highest BCUT2D eigenvalue weighted by Crippen LogP contribution is 2.27. The largest absolute Gasteiger partial charge is 0.206 e. The zero-order valence-electron chi connectivity index (χ0n) is 17.2. The maximum absolute atomic E-state index is 14.4. The molecule has 0 aliphatic heterocycles. The lowest BCUT2D eigenvalue weighted by atomic mass is 9.86. The molecule has 1 heteroatoms. The van der Waals surface area contributed by atoms with Crippen molar-refractivity contribution in [3.05, 3.63) is 71.1 Å².